The molecule has 1 aliphatic heterocycles. The number of phenolic OH excluding ortho intramolecular Hbond substituents is 1. The molecule has 44 heavy (non-hydrogen) atoms. The van der Waals surface area contributed by atoms with E-state index in [1.54, 1.807) is 19.1 Å². The number of fused-ring (bicyclic) bond motifs is 4. The van der Waals surface area contributed by atoms with Gasteiger partial charge in [0, 0.05) is 24.0 Å². The molecule has 1 saturated carbocycles. The van der Waals surface area contributed by atoms with E-state index in [1.807, 2.05) is 72.8 Å². The van der Waals surface area contributed by atoms with Gasteiger partial charge >= 0.3 is 0 Å². The molecule has 1 N–H and O–H groups in total. The highest BCUT2D eigenvalue weighted by Crippen LogP contribution is 2.63. The van der Waals surface area contributed by atoms with E-state index < -0.39 is 35.0 Å². The van der Waals surface area contributed by atoms with E-state index >= 15 is 0 Å². The maximum absolute atomic E-state index is 14.9. The number of benzene rings is 3. The number of ketones is 2. The molecule has 2 amide bonds. The van der Waals surface area contributed by atoms with E-state index in [-0.39, 0.29) is 47.8 Å². The van der Waals surface area contributed by atoms with Crippen molar-refractivity contribution in [1.82, 2.24) is 4.90 Å². The lowest BCUT2D eigenvalue weighted by Crippen LogP contribution is -2.58. The maximum atomic E-state index is 14.9. The summed E-state index contributed by atoms with van der Waals surface area (Å²) < 4.78 is 5.34. The normalized spacial score (nSPS) is 29.4. The Morgan fingerprint density at radius 1 is 0.909 bits per heavy atom. The summed E-state index contributed by atoms with van der Waals surface area (Å²) in [5, 5.41) is 11.0. The highest BCUT2D eigenvalue weighted by molar-refractivity contribution is 6.31. The quantitative estimate of drug-likeness (QED) is 0.324. The van der Waals surface area contributed by atoms with E-state index in [0.717, 1.165) is 5.57 Å². The van der Waals surface area contributed by atoms with Gasteiger partial charge in [0.05, 0.1) is 24.4 Å². The molecule has 1 heterocycles. The second-order valence-electron chi connectivity index (χ2n) is 12.1. The van der Waals surface area contributed by atoms with Crippen LogP contribution in [-0.2, 0) is 24.6 Å². The number of aromatic hydroxyl groups is 1. The van der Waals surface area contributed by atoms with Gasteiger partial charge < -0.3 is 9.84 Å². The van der Waals surface area contributed by atoms with Crippen molar-refractivity contribution in [1.29, 1.82) is 0 Å². The molecule has 2 fully saturated rings. The molecule has 7 heteroatoms. The van der Waals surface area contributed by atoms with E-state index in [0.29, 0.717) is 28.7 Å². The van der Waals surface area contributed by atoms with Gasteiger partial charge in [0.25, 0.3) is 0 Å². The summed E-state index contributed by atoms with van der Waals surface area (Å²) in [6.07, 6.45) is 4.15. The van der Waals surface area contributed by atoms with Crippen molar-refractivity contribution in [2.24, 2.45) is 23.7 Å². The lowest BCUT2D eigenvalue weighted by molar-refractivity contribution is -0.140. The molecule has 3 aliphatic carbocycles. The number of ether oxygens (including phenoxy) is 1. The Hall–Kier alpha value is -4.78. The number of carbonyl (C=O) groups is 4. The van der Waals surface area contributed by atoms with Crippen LogP contribution in [-0.4, -0.2) is 47.0 Å². The molecular formula is C37H33NO6. The molecule has 3 aromatic carbocycles. The number of imide groups is 1. The van der Waals surface area contributed by atoms with Crippen molar-refractivity contribution in [3.63, 3.8) is 0 Å². The molecule has 0 aromatic heterocycles. The van der Waals surface area contributed by atoms with Crippen molar-refractivity contribution in [3.05, 3.63) is 113 Å². The third kappa shape index (κ3) is 3.81. The summed E-state index contributed by atoms with van der Waals surface area (Å²) in [5.41, 5.74) is 1.91. The Bertz CT molecular complexity index is 1760. The summed E-state index contributed by atoms with van der Waals surface area (Å²) >= 11 is 0. The predicted molar refractivity (Wildman–Crippen MR) is 164 cm³/mol. The van der Waals surface area contributed by atoms with Crippen LogP contribution in [0.1, 0.15) is 42.4 Å². The number of carbonyl (C=O) groups excluding carboxylic acids is 4. The SMILES string of the molecule is CCN1C(=O)[C@H]2[C@H](CC=C3[C@H]2C[C@H]2C(=O)C(c4ccccc4)=CC(=O)[C@@]2(c2ccccc2)[C@H]3c2ccc(OC)c(O)c2)C1=O. The van der Waals surface area contributed by atoms with Gasteiger partial charge in [0.2, 0.25) is 11.8 Å². The van der Waals surface area contributed by atoms with Crippen molar-refractivity contribution in [3.8, 4) is 11.5 Å². The van der Waals surface area contributed by atoms with Crippen molar-refractivity contribution in [2.75, 3.05) is 13.7 Å². The number of rotatable bonds is 5. The van der Waals surface area contributed by atoms with Crippen LogP contribution >= 0.6 is 0 Å². The fourth-order valence-electron chi connectivity index (χ4n) is 8.51. The summed E-state index contributed by atoms with van der Waals surface area (Å²) in [4.78, 5) is 58.2. The minimum Gasteiger partial charge on any atom is -0.504 e. The van der Waals surface area contributed by atoms with Gasteiger partial charge in [-0.25, -0.2) is 0 Å². The Balaban J connectivity index is 1.52. The zero-order chi connectivity index (χ0) is 30.7. The molecule has 0 unspecified atom stereocenters. The number of allylic oxidation sites excluding steroid dienone is 4. The lowest BCUT2D eigenvalue weighted by atomic mass is 9.44. The molecule has 3 aromatic rings. The van der Waals surface area contributed by atoms with Crippen molar-refractivity contribution >= 4 is 29.0 Å². The molecular weight excluding hydrogens is 554 g/mol. The largest absolute Gasteiger partial charge is 0.504 e. The van der Waals surface area contributed by atoms with Gasteiger partial charge in [-0.15, -0.1) is 0 Å². The second kappa shape index (κ2) is 10.4. The van der Waals surface area contributed by atoms with Crippen LogP contribution in [0.15, 0.2) is 96.6 Å². The smallest absolute Gasteiger partial charge is 0.233 e. The first-order valence-corrected chi connectivity index (χ1v) is 15.2. The molecule has 1 saturated heterocycles. The highest BCUT2D eigenvalue weighted by atomic mass is 16.5. The Morgan fingerprint density at radius 2 is 1.61 bits per heavy atom. The number of phenols is 1. The summed E-state index contributed by atoms with van der Waals surface area (Å²) in [6.45, 7) is 2.09. The molecule has 6 atom stereocenters. The number of Topliss-reactive ketones (excluding diaryl/α,β-unsaturated/α-hetero) is 1. The fourth-order valence-corrected chi connectivity index (χ4v) is 8.51. The van der Waals surface area contributed by atoms with Crippen LogP contribution in [0.3, 0.4) is 0 Å². The fraction of sp³-hybridized carbons (Fsp3) is 0.297. The maximum Gasteiger partial charge on any atom is 0.233 e. The first kappa shape index (κ1) is 28.0. The molecule has 4 aliphatic rings. The minimum atomic E-state index is -1.33. The third-order valence-corrected chi connectivity index (χ3v) is 10.3. The van der Waals surface area contributed by atoms with E-state index in [2.05, 4.69) is 0 Å². The van der Waals surface area contributed by atoms with Gasteiger partial charge in [-0.3, -0.25) is 24.1 Å². The van der Waals surface area contributed by atoms with Gasteiger partial charge in [0.1, 0.15) is 0 Å². The van der Waals surface area contributed by atoms with Crippen LogP contribution in [0.2, 0.25) is 0 Å². The molecule has 7 rings (SSSR count). The number of nitrogens with zero attached hydrogens (tertiary/aromatic N) is 1. The van der Waals surface area contributed by atoms with Crippen LogP contribution in [0.5, 0.6) is 11.5 Å². The monoisotopic (exact) mass is 587 g/mol. The molecule has 0 bridgehead atoms. The van der Waals surface area contributed by atoms with Crippen LogP contribution in [0.25, 0.3) is 5.57 Å². The Kier molecular flexibility index (Phi) is 6.65. The van der Waals surface area contributed by atoms with E-state index in [1.165, 1.54) is 18.1 Å². The lowest BCUT2D eigenvalue weighted by Gasteiger charge is -2.55. The van der Waals surface area contributed by atoms with E-state index in [9.17, 15) is 24.3 Å². The zero-order valence-corrected chi connectivity index (χ0v) is 24.6. The third-order valence-electron chi connectivity index (χ3n) is 10.3. The van der Waals surface area contributed by atoms with Crippen LogP contribution < -0.4 is 4.74 Å². The number of hydrogen-bond donors (Lipinski definition) is 1. The standard InChI is InChI=1S/C37H33NO6/c1-3-38-35(42)25-16-15-24-27(32(25)36(38)43)19-28-34(41)26(21-10-6-4-7-11-21)20-31(40)37(28,23-12-8-5-9-13-23)33(24)22-14-17-30(44-2)29(39)18-22/h4-15,17-18,20,25,27-28,32-33,39H,3,16,19H2,1-2H3/t25-,27+,28-,32-,33-,37-/m0/s1. The number of likely N-dealkylation sites (tertiary alicyclic amines) is 1. The average Bonchev–Trinajstić information content (AvgIpc) is 3.30. The van der Waals surface area contributed by atoms with Crippen molar-refractivity contribution in [2.45, 2.75) is 31.1 Å². The Morgan fingerprint density at radius 3 is 2.27 bits per heavy atom. The number of methoxy groups -OCH3 is 1. The topological polar surface area (TPSA) is 101 Å². The zero-order valence-electron chi connectivity index (χ0n) is 24.6. The molecule has 0 spiro atoms. The molecule has 0 radical (unpaired) electrons. The number of hydrogen-bond acceptors (Lipinski definition) is 6. The van der Waals surface area contributed by atoms with E-state index in [4.69, 9.17) is 4.74 Å². The Labute approximate surface area is 255 Å². The minimum absolute atomic E-state index is 0.0828. The summed E-state index contributed by atoms with van der Waals surface area (Å²) in [5.74, 6) is -3.56. The highest BCUT2D eigenvalue weighted by Gasteiger charge is 2.65. The first-order chi connectivity index (χ1) is 21.3. The number of amides is 2. The second-order valence-corrected chi connectivity index (χ2v) is 12.1. The van der Waals surface area contributed by atoms with Gasteiger partial charge in [-0.1, -0.05) is 78.4 Å². The average molecular weight is 588 g/mol. The van der Waals surface area contributed by atoms with Gasteiger partial charge in [-0.2, -0.15) is 0 Å². The van der Waals surface area contributed by atoms with Crippen LogP contribution in [0.4, 0.5) is 0 Å². The molecule has 7 nitrogen and oxygen atoms in total. The first-order valence-electron chi connectivity index (χ1n) is 15.2. The van der Waals surface area contributed by atoms with Crippen LogP contribution in [0, 0.1) is 23.7 Å². The molecule has 222 valence electrons. The van der Waals surface area contributed by atoms with Crippen molar-refractivity contribution < 1.29 is 29.0 Å². The van der Waals surface area contributed by atoms with Gasteiger partial charge in [0.15, 0.2) is 23.1 Å². The summed E-state index contributed by atoms with van der Waals surface area (Å²) in [6, 6.07) is 23.7. The van der Waals surface area contributed by atoms with Gasteiger partial charge in [-0.05, 0) is 60.6 Å². The predicted octanol–water partition coefficient (Wildman–Crippen LogP) is 5.25. The summed E-state index contributed by atoms with van der Waals surface area (Å²) in [7, 11) is 1.47.